The lowest BCUT2D eigenvalue weighted by atomic mass is 10.2. The van der Waals surface area contributed by atoms with E-state index in [9.17, 15) is 14.9 Å². The summed E-state index contributed by atoms with van der Waals surface area (Å²) in [5.41, 5.74) is -0.597. The van der Waals surface area contributed by atoms with E-state index in [1.165, 1.54) is 0 Å². The average Bonchev–Trinajstić information content (AvgIpc) is 2.25. The van der Waals surface area contributed by atoms with Crippen molar-refractivity contribution in [3.05, 3.63) is 44.7 Å². The second-order valence-corrected chi connectivity index (χ2v) is 3.90. The number of hydrogen-bond acceptors (Lipinski definition) is 4. The van der Waals surface area contributed by atoms with E-state index in [1.54, 1.807) is 0 Å². The van der Waals surface area contributed by atoms with Crippen LogP contribution in [0.25, 0.3) is 0 Å². The number of aromatic nitrogens is 1. The second-order valence-electron chi connectivity index (χ2n) is 2.98. The molecule has 0 unspecified atom stereocenters. The molecule has 0 aliphatic rings. The van der Waals surface area contributed by atoms with Crippen molar-refractivity contribution in [1.29, 1.82) is 0 Å². The first-order valence-electron chi connectivity index (χ1n) is 4.33. The molecule has 0 atom stereocenters. The SMILES string of the molecule is C=C(Cl)CNC(=O)c1cc(Cl)ncc1[N+](=O)[O-]. The molecule has 0 spiro atoms. The van der Waals surface area contributed by atoms with E-state index in [2.05, 4.69) is 16.9 Å². The monoisotopic (exact) mass is 275 g/mol. The Morgan fingerprint density at radius 2 is 2.29 bits per heavy atom. The molecular weight excluding hydrogens is 269 g/mol. The van der Waals surface area contributed by atoms with Crippen molar-refractivity contribution in [2.24, 2.45) is 0 Å². The molecule has 1 aromatic rings. The van der Waals surface area contributed by atoms with Crippen LogP contribution in [0.15, 0.2) is 23.9 Å². The molecule has 8 heteroatoms. The molecule has 90 valence electrons. The smallest absolute Gasteiger partial charge is 0.300 e. The molecule has 0 saturated heterocycles. The van der Waals surface area contributed by atoms with Gasteiger partial charge < -0.3 is 5.32 Å². The van der Waals surface area contributed by atoms with Crippen molar-refractivity contribution in [3.63, 3.8) is 0 Å². The van der Waals surface area contributed by atoms with Gasteiger partial charge in [0, 0.05) is 5.03 Å². The zero-order valence-electron chi connectivity index (χ0n) is 8.44. The minimum absolute atomic E-state index is 0.00884. The predicted molar refractivity (Wildman–Crippen MR) is 63.2 cm³/mol. The van der Waals surface area contributed by atoms with Crippen molar-refractivity contribution < 1.29 is 9.72 Å². The van der Waals surface area contributed by atoms with Gasteiger partial charge in [-0.15, -0.1) is 0 Å². The Balaban J connectivity index is 3.02. The van der Waals surface area contributed by atoms with Crippen LogP contribution in [0.2, 0.25) is 5.15 Å². The van der Waals surface area contributed by atoms with Gasteiger partial charge in [0.05, 0.1) is 11.5 Å². The number of rotatable bonds is 4. The molecule has 0 saturated carbocycles. The third-order valence-corrected chi connectivity index (χ3v) is 2.07. The first-order valence-corrected chi connectivity index (χ1v) is 5.09. The topological polar surface area (TPSA) is 85.1 Å². The van der Waals surface area contributed by atoms with E-state index >= 15 is 0 Å². The zero-order chi connectivity index (χ0) is 13.0. The van der Waals surface area contributed by atoms with Crippen LogP contribution in [-0.4, -0.2) is 22.4 Å². The van der Waals surface area contributed by atoms with Gasteiger partial charge in [-0.1, -0.05) is 29.8 Å². The Bertz CT molecular complexity index is 490. The summed E-state index contributed by atoms with van der Waals surface area (Å²) in [6, 6.07) is 1.12. The van der Waals surface area contributed by atoms with E-state index in [0.717, 1.165) is 12.3 Å². The first-order chi connectivity index (χ1) is 7.91. The summed E-state index contributed by atoms with van der Waals surface area (Å²) in [6.45, 7) is 3.39. The van der Waals surface area contributed by atoms with Crippen LogP contribution < -0.4 is 5.32 Å². The van der Waals surface area contributed by atoms with Crippen LogP contribution >= 0.6 is 23.2 Å². The molecule has 1 aromatic heterocycles. The number of nitrogens with zero attached hydrogens (tertiary/aromatic N) is 2. The molecule has 1 N–H and O–H groups in total. The van der Waals surface area contributed by atoms with Gasteiger partial charge in [-0.05, 0) is 6.07 Å². The van der Waals surface area contributed by atoms with Crippen LogP contribution in [0, 0.1) is 10.1 Å². The fourth-order valence-electron chi connectivity index (χ4n) is 1.02. The van der Waals surface area contributed by atoms with E-state index in [1.807, 2.05) is 0 Å². The molecule has 0 aliphatic heterocycles. The molecule has 0 bridgehead atoms. The number of nitro groups is 1. The number of carbonyl (C=O) groups is 1. The second kappa shape index (κ2) is 5.60. The van der Waals surface area contributed by atoms with Crippen LogP contribution in [-0.2, 0) is 0 Å². The maximum absolute atomic E-state index is 11.6. The predicted octanol–water partition coefficient (Wildman–Crippen LogP) is 2.13. The van der Waals surface area contributed by atoms with Crippen molar-refractivity contribution in [2.45, 2.75) is 0 Å². The lowest BCUT2D eigenvalue weighted by molar-refractivity contribution is -0.385. The van der Waals surface area contributed by atoms with Crippen molar-refractivity contribution in [1.82, 2.24) is 10.3 Å². The molecule has 1 amide bonds. The van der Waals surface area contributed by atoms with Gasteiger partial charge in [0.2, 0.25) is 0 Å². The van der Waals surface area contributed by atoms with E-state index < -0.39 is 16.5 Å². The molecule has 1 rings (SSSR count). The Morgan fingerprint density at radius 1 is 1.65 bits per heavy atom. The summed E-state index contributed by atoms with van der Waals surface area (Å²) >= 11 is 11.0. The summed E-state index contributed by atoms with van der Waals surface area (Å²) in [6.07, 6.45) is 0.923. The lowest BCUT2D eigenvalue weighted by Crippen LogP contribution is -2.25. The molecule has 1 heterocycles. The highest BCUT2D eigenvalue weighted by Gasteiger charge is 2.21. The molecule has 0 aliphatic carbocycles. The zero-order valence-corrected chi connectivity index (χ0v) is 9.96. The van der Waals surface area contributed by atoms with Gasteiger partial charge in [-0.3, -0.25) is 14.9 Å². The quantitative estimate of drug-likeness (QED) is 0.518. The highest BCUT2D eigenvalue weighted by atomic mass is 35.5. The Morgan fingerprint density at radius 3 is 2.82 bits per heavy atom. The fraction of sp³-hybridized carbons (Fsp3) is 0.111. The minimum atomic E-state index is -0.715. The van der Waals surface area contributed by atoms with Gasteiger partial charge in [0.1, 0.15) is 16.9 Å². The molecule has 0 aromatic carbocycles. The van der Waals surface area contributed by atoms with Crippen molar-refractivity contribution in [2.75, 3.05) is 6.54 Å². The van der Waals surface area contributed by atoms with Crippen LogP contribution in [0.3, 0.4) is 0 Å². The molecular formula is C9H7Cl2N3O3. The number of nitrogens with one attached hydrogen (secondary N) is 1. The van der Waals surface area contributed by atoms with E-state index in [0.29, 0.717) is 0 Å². The van der Waals surface area contributed by atoms with Gasteiger partial charge in [0.25, 0.3) is 11.6 Å². The number of carbonyl (C=O) groups excluding carboxylic acids is 1. The molecule has 0 radical (unpaired) electrons. The third-order valence-electron chi connectivity index (χ3n) is 1.73. The highest BCUT2D eigenvalue weighted by molar-refractivity contribution is 6.30. The first kappa shape index (κ1) is 13.4. The van der Waals surface area contributed by atoms with Gasteiger partial charge in [-0.2, -0.15) is 0 Å². The molecule has 6 nitrogen and oxygen atoms in total. The Kier molecular flexibility index (Phi) is 4.42. The summed E-state index contributed by atoms with van der Waals surface area (Å²) in [5.74, 6) is -0.664. The maximum Gasteiger partial charge on any atom is 0.300 e. The largest absolute Gasteiger partial charge is 0.347 e. The van der Waals surface area contributed by atoms with Crippen LogP contribution in [0.1, 0.15) is 10.4 Å². The van der Waals surface area contributed by atoms with Crippen LogP contribution in [0.4, 0.5) is 5.69 Å². The summed E-state index contributed by atoms with van der Waals surface area (Å²) < 4.78 is 0. The summed E-state index contributed by atoms with van der Waals surface area (Å²) in [7, 11) is 0. The average molecular weight is 276 g/mol. The Labute approximate surface area is 106 Å². The Hall–Kier alpha value is -1.66. The normalized spacial score (nSPS) is 9.76. The maximum atomic E-state index is 11.6. The number of halogens is 2. The third kappa shape index (κ3) is 3.69. The molecule has 17 heavy (non-hydrogen) atoms. The standard InChI is InChI=1S/C9H7Cl2N3O3/c1-5(10)3-13-9(15)6-2-8(11)12-4-7(6)14(16)17/h2,4H,1,3H2,(H,13,15). The van der Waals surface area contributed by atoms with Gasteiger partial charge >= 0.3 is 0 Å². The molecule has 0 fully saturated rings. The van der Waals surface area contributed by atoms with Gasteiger partial charge in [0.15, 0.2) is 0 Å². The summed E-state index contributed by atoms with van der Waals surface area (Å²) in [4.78, 5) is 25.1. The highest BCUT2D eigenvalue weighted by Crippen LogP contribution is 2.20. The number of pyridine rings is 1. The van der Waals surface area contributed by atoms with Crippen molar-refractivity contribution >= 4 is 34.8 Å². The van der Waals surface area contributed by atoms with Crippen molar-refractivity contribution in [3.8, 4) is 0 Å². The lowest BCUT2D eigenvalue weighted by Gasteiger charge is -2.04. The van der Waals surface area contributed by atoms with E-state index in [-0.39, 0.29) is 22.3 Å². The fourth-order valence-corrected chi connectivity index (χ4v) is 1.25. The van der Waals surface area contributed by atoms with E-state index in [4.69, 9.17) is 23.2 Å². The number of amides is 1. The van der Waals surface area contributed by atoms with Gasteiger partial charge in [-0.25, -0.2) is 4.98 Å². The number of hydrogen-bond donors (Lipinski definition) is 1. The minimum Gasteiger partial charge on any atom is -0.347 e. The van der Waals surface area contributed by atoms with Crippen LogP contribution in [0.5, 0.6) is 0 Å². The summed E-state index contributed by atoms with van der Waals surface area (Å²) in [5, 5.41) is 13.2.